The van der Waals surface area contributed by atoms with Crippen LogP contribution in [-0.4, -0.2) is 42.7 Å². The van der Waals surface area contributed by atoms with E-state index in [1.54, 1.807) is 0 Å². The number of fused-ring (bicyclic) bond motifs is 1. The first-order chi connectivity index (χ1) is 6.13. The molecule has 0 saturated carbocycles. The van der Waals surface area contributed by atoms with Crippen LogP contribution in [0.2, 0.25) is 0 Å². The molecule has 0 aliphatic carbocycles. The van der Waals surface area contributed by atoms with Crippen molar-refractivity contribution in [2.24, 2.45) is 0 Å². The van der Waals surface area contributed by atoms with Crippen LogP contribution in [0.1, 0.15) is 12.8 Å². The second-order valence-corrected chi connectivity index (χ2v) is 6.71. The van der Waals surface area contributed by atoms with E-state index in [0.29, 0.717) is 19.2 Å². The van der Waals surface area contributed by atoms with E-state index in [0.717, 1.165) is 12.8 Å². The SMILES string of the molecule is O=S(=O)(CBr)N1CCCC2OC2C1. The molecule has 6 heteroatoms. The van der Waals surface area contributed by atoms with Crippen molar-refractivity contribution in [1.29, 1.82) is 0 Å². The van der Waals surface area contributed by atoms with Gasteiger partial charge >= 0.3 is 0 Å². The summed E-state index contributed by atoms with van der Waals surface area (Å²) in [4.78, 5) is 0. The van der Waals surface area contributed by atoms with Gasteiger partial charge < -0.3 is 4.74 Å². The van der Waals surface area contributed by atoms with Crippen molar-refractivity contribution >= 4 is 26.0 Å². The van der Waals surface area contributed by atoms with Crippen LogP contribution in [0.3, 0.4) is 0 Å². The Balaban J connectivity index is 2.06. The van der Waals surface area contributed by atoms with E-state index in [1.165, 1.54) is 4.31 Å². The molecule has 0 amide bonds. The Morgan fingerprint density at radius 1 is 1.46 bits per heavy atom. The lowest BCUT2D eigenvalue weighted by Crippen LogP contribution is -2.34. The minimum Gasteiger partial charge on any atom is -0.368 e. The third kappa shape index (κ3) is 2.06. The van der Waals surface area contributed by atoms with Gasteiger partial charge in [0.2, 0.25) is 10.0 Å². The summed E-state index contributed by atoms with van der Waals surface area (Å²) in [6.45, 7) is 1.18. The minimum atomic E-state index is -3.08. The fourth-order valence-corrected chi connectivity index (χ4v) is 3.46. The zero-order valence-electron chi connectivity index (χ0n) is 7.15. The van der Waals surface area contributed by atoms with Crippen molar-refractivity contribution in [2.75, 3.05) is 17.8 Å². The second-order valence-electron chi connectivity index (χ2n) is 3.43. The summed E-state index contributed by atoms with van der Waals surface area (Å²) in [6.07, 6.45) is 2.40. The predicted molar refractivity (Wildman–Crippen MR) is 52.2 cm³/mol. The van der Waals surface area contributed by atoms with Crippen LogP contribution in [0, 0.1) is 0 Å². The van der Waals surface area contributed by atoms with Crippen LogP contribution in [-0.2, 0) is 14.8 Å². The Kier molecular flexibility index (Phi) is 2.65. The van der Waals surface area contributed by atoms with E-state index in [4.69, 9.17) is 4.74 Å². The molecule has 0 bridgehead atoms. The van der Waals surface area contributed by atoms with Gasteiger partial charge in [-0.2, -0.15) is 4.31 Å². The number of ether oxygens (including phenoxy) is 1. The third-order valence-electron chi connectivity index (χ3n) is 2.50. The summed E-state index contributed by atoms with van der Waals surface area (Å²) in [5.41, 5.74) is 0. The van der Waals surface area contributed by atoms with E-state index in [1.807, 2.05) is 0 Å². The number of hydrogen-bond acceptors (Lipinski definition) is 3. The highest BCUT2D eigenvalue weighted by atomic mass is 79.9. The molecular formula is C7H12BrNO3S. The lowest BCUT2D eigenvalue weighted by Gasteiger charge is -2.18. The van der Waals surface area contributed by atoms with Gasteiger partial charge in [-0.3, -0.25) is 0 Å². The minimum absolute atomic E-state index is 0.0113. The number of sulfonamides is 1. The molecule has 0 spiro atoms. The summed E-state index contributed by atoms with van der Waals surface area (Å²) in [7, 11) is -3.08. The lowest BCUT2D eigenvalue weighted by molar-refractivity contribution is 0.297. The van der Waals surface area contributed by atoms with Crippen molar-refractivity contribution in [3.8, 4) is 0 Å². The van der Waals surface area contributed by atoms with Crippen LogP contribution in [0.5, 0.6) is 0 Å². The van der Waals surface area contributed by atoms with Gasteiger partial charge in [0, 0.05) is 13.1 Å². The van der Waals surface area contributed by atoms with Gasteiger partial charge in [-0.25, -0.2) is 8.42 Å². The van der Waals surface area contributed by atoms with Crippen molar-refractivity contribution in [3.05, 3.63) is 0 Å². The van der Waals surface area contributed by atoms with Crippen molar-refractivity contribution in [1.82, 2.24) is 4.31 Å². The monoisotopic (exact) mass is 269 g/mol. The number of hydrogen-bond donors (Lipinski definition) is 0. The number of epoxide rings is 1. The Hall–Kier alpha value is 0.350. The zero-order chi connectivity index (χ0) is 9.47. The Morgan fingerprint density at radius 2 is 2.23 bits per heavy atom. The average Bonchev–Trinajstić information content (AvgIpc) is 2.79. The Morgan fingerprint density at radius 3 is 2.92 bits per heavy atom. The summed E-state index contributed by atoms with van der Waals surface area (Å²) in [5, 5.41) is 0. The van der Waals surface area contributed by atoms with E-state index >= 15 is 0 Å². The maximum Gasteiger partial charge on any atom is 0.224 e. The fraction of sp³-hybridized carbons (Fsp3) is 1.00. The highest BCUT2D eigenvalue weighted by Crippen LogP contribution is 2.31. The molecule has 2 saturated heterocycles. The highest BCUT2D eigenvalue weighted by Gasteiger charge is 2.43. The molecule has 0 radical (unpaired) electrons. The molecule has 0 aromatic heterocycles. The number of halogens is 1. The van der Waals surface area contributed by atoms with E-state index in [9.17, 15) is 8.42 Å². The van der Waals surface area contributed by atoms with Crippen molar-refractivity contribution in [3.63, 3.8) is 0 Å². The first kappa shape index (κ1) is 9.89. The largest absolute Gasteiger partial charge is 0.368 e. The Bertz CT molecular complexity index is 292. The fourth-order valence-electron chi connectivity index (χ4n) is 1.68. The number of nitrogens with zero attached hydrogens (tertiary/aromatic N) is 1. The topological polar surface area (TPSA) is 49.9 Å². The van der Waals surface area contributed by atoms with Crippen molar-refractivity contribution < 1.29 is 13.2 Å². The van der Waals surface area contributed by atoms with E-state index in [2.05, 4.69) is 15.9 Å². The molecule has 2 atom stereocenters. The molecule has 0 aromatic rings. The highest BCUT2D eigenvalue weighted by molar-refractivity contribution is 9.10. The quantitative estimate of drug-likeness (QED) is 0.543. The molecule has 2 unspecified atom stereocenters. The first-order valence-corrected chi connectivity index (χ1v) is 7.06. The third-order valence-corrected chi connectivity index (χ3v) is 5.63. The number of alkyl halides is 1. The molecule has 2 heterocycles. The average molecular weight is 270 g/mol. The van der Waals surface area contributed by atoms with E-state index < -0.39 is 10.0 Å². The molecule has 2 aliphatic rings. The van der Waals surface area contributed by atoms with Gasteiger partial charge in [-0.15, -0.1) is 0 Å². The normalized spacial score (nSPS) is 35.2. The van der Waals surface area contributed by atoms with E-state index in [-0.39, 0.29) is 10.8 Å². The molecule has 0 aromatic carbocycles. The standard InChI is InChI=1S/C7H12BrNO3S/c8-5-13(10,11)9-3-1-2-6-7(4-9)12-6/h6-7H,1-5H2. The molecule has 2 aliphatic heterocycles. The molecule has 2 rings (SSSR count). The van der Waals surface area contributed by atoms with Gasteiger partial charge in [0.15, 0.2) is 0 Å². The van der Waals surface area contributed by atoms with Crippen LogP contribution < -0.4 is 0 Å². The van der Waals surface area contributed by atoms with Crippen molar-refractivity contribution in [2.45, 2.75) is 25.0 Å². The summed E-state index contributed by atoms with van der Waals surface area (Å²) >= 11 is 3.00. The molecule has 0 N–H and O–H groups in total. The van der Waals surface area contributed by atoms with Crippen LogP contribution in [0.4, 0.5) is 0 Å². The maximum absolute atomic E-state index is 11.5. The second kappa shape index (κ2) is 3.49. The van der Waals surface area contributed by atoms with Gasteiger partial charge in [-0.05, 0) is 12.8 Å². The van der Waals surface area contributed by atoms with Gasteiger partial charge in [-0.1, -0.05) is 15.9 Å². The molecule has 76 valence electrons. The van der Waals surface area contributed by atoms with Crippen LogP contribution in [0.15, 0.2) is 0 Å². The van der Waals surface area contributed by atoms with Crippen LogP contribution >= 0.6 is 15.9 Å². The van der Waals surface area contributed by atoms with Gasteiger partial charge in [0.1, 0.15) is 4.66 Å². The molecule has 2 fully saturated rings. The summed E-state index contributed by atoms with van der Waals surface area (Å²) in [6, 6.07) is 0. The summed E-state index contributed by atoms with van der Waals surface area (Å²) in [5.74, 6) is 0. The first-order valence-electron chi connectivity index (χ1n) is 4.33. The Labute approximate surface area is 86.4 Å². The molecule has 4 nitrogen and oxygen atoms in total. The predicted octanol–water partition coefficient (Wildman–Crippen LogP) is 0.532. The molecule has 13 heavy (non-hydrogen) atoms. The lowest BCUT2D eigenvalue weighted by atomic mass is 10.2. The number of rotatable bonds is 2. The molecular weight excluding hydrogens is 258 g/mol. The smallest absolute Gasteiger partial charge is 0.224 e. The summed E-state index contributed by atoms with van der Waals surface area (Å²) < 4.78 is 29.8. The van der Waals surface area contributed by atoms with Gasteiger partial charge in [0.05, 0.1) is 12.2 Å². The van der Waals surface area contributed by atoms with Gasteiger partial charge in [0.25, 0.3) is 0 Å². The zero-order valence-corrected chi connectivity index (χ0v) is 9.55. The maximum atomic E-state index is 11.5. The van der Waals surface area contributed by atoms with Crippen LogP contribution in [0.25, 0.3) is 0 Å².